The number of aromatic nitrogens is 3. The van der Waals surface area contributed by atoms with Crippen LogP contribution in [0.2, 0.25) is 0 Å². The normalized spacial score (nSPS) is 18.2. The van der Waals surface area contributed by atoms with Crippen LogP contribution in [-0.2, 0) is 23.8 Å². The average Bonchev–Trinajstić information content (AvgIpc) is 3.20. The Morgan fingerprint density at radius 2 is 2.03 bits per heavy atom. The van der Waals surface area contributed by atoms with E-state index in [0.717, 1.165) is 42.0 Å². The van der Waals surface area contributed by atoms with Gasteiger partial charge in [0.25, 0.3) is 10.1 Å². The fourth-order valence-electron chi connectivity index (χ4n) is 4.21. The first kappa shape index (κ1) is 26.3. The first-order chi connectivity index (χ1) is 17.2. The predicted octanol–water partition coefficient (Wildman–Crippen LogP) is 4.04. The van der Waals surface area contributed by atoms with Gasteiger partial charge in [-0.1, -0.05) is 0 Å². The number of phenolic OH excluding ortho intramolecular Hbond substituents is 1. The standard InChI is InChI=1S/C25H33N3O7S/c1-17(9-11-32-16-18(2)35-36(3,30)31)34-21-12-19(14-26-15-21)25-22-13-20(29)7-8-23(22)28(27-25)24-6-4-5-10-33-24/h7-8,12-15,17-18,24,29H,4-6,9-11,16H2,1-3H3. The Morgan fingerprint density at radius 1 is 1.19 bits per heavy atom. The van der Waals surface area contributed by atoms with Gasteiger partial charge in [0, 0.05) is 30.2 Å². The molecule has 0 amide bonds. The first-order valence-electron chi connectivity index (χ1n) is 12.1. The minimum absolute atomic E-state index is 0.141. The third-order valence-corrected chi connectivity index (χ3v) is 6.48. The van der Waals surface area contributed by atoms with Crippen molar-refractivity contribution in [2.75, 3.05) is 26.1 Å². The highest BCUT2D eigenvalue weighted by molar-refractivity contribution is 7.86. The molecule has 3 heterocycles. The number of rotatable bonds is 11. The molecule has 2 aromatic heterocycles. The highest BCUT2D eigenvalue weighted by atomic mass is 32.2. The molecule has 0 spiro atoms. The summed E-state index contributed by atoms with van der Waals surface area (Å²) in [5.74, 6) is 0.753. The van der Waals surface area contributed by atoms with Crippen molar-refractivity contribution < 1.29 is 31.9 Å². The van der Waals surface area contributed by atoms with E-state index in [-0.39, 0.29) is 24.7 Å². The second kappa shape index (κ2) is 11.5. The zero-order chi connectivity index (χ0) is 25.7. The predicted molar refractivity (Wildman–Crippen MR) is 134 cm³/mol. The molecule has 1 saturated heterocycles. The Kier molecular flexibility index (Phi) is 8.45. The maximum absolute atomic E-state index is 11.2. The smallest absolute Gasteiger partial charge is 0.264 e. The van der Waals surface area contributed by atoms with Gasteiger partial charge in [-0.05, 0) is 57.4 Å². The van der Waals surface area contributed by atoms with Crippen LogP contribution in [0.4, 0.5) is 0 Å². The Bertz CT molecular complexity index is 1270. The Labute approximate surface area is 211 Å². The number of pyridine rings is 1. The second-order valence-corrected chi connectivity index (χ2v) is 10.7. The molecule has 36 heavy (non-hydrogen) atoms. The maximum Gasteiger partial charge on any atom is 0.264 e. The number of fused-ring (bicyclic) bond motifs is 1. The number of ether oxygens (including phenoxy) is 3. The first-order valence-corrected chi connectivity index (χ1v) is 13.9. The lowest BCUT2D eigenvalue weighted by Gasteiger charge is -2.23. The van der Waals surface area contributed by atoms with Crippen molar-refractivity contribution in [2.24, 2.45) is 0 Å². The molecule has 0 saturated carbocycles. The van der Waals surface area contributed by atoms with E-state index < -0.39 is 16.2 Å². The van der Waals surface area contributed by atoms with Crippen molar-refractivity contribution in [2.45, 2.75) is 58.0 Å². The van der Waals surface area contributed by atoms with Crippen LogP contribution in [0.15, 0.2) is 36.7 Å². The molecule has 0 bridgehead atoms. The summed E-state index contributed by atoms with van der Waals surface area (Å²) in [6, 6.07) is 7.10. The monoisotopic (exact) mass is 519 g/mol. The van der Waals surface area contributed by atoms with Gasteiger partial charge < -0.3 is 19.3 Å². The molecule has 4 rings (SSSR count). The summed E-state index contributed by atoms with van der Waals surface area (Å²) in [6.07, 6.45) is 7.13. The molecule has 3 unspecified atom stereocenters. The van der Waals surface area contributed by atoms with Gasteiger partial charge in [-0.2, -0.15) is 13.5 Å². The van der Waals surface area contributed by atoms with Crippen LogP contribution in [0.25, 0.3) is 22.2 Å². The Morgan fingerprint density at radius 3 is 2.78 bits per heavy atom. The van der Waals surface area contributed by atoms with Gasteiger partial charge in [0.05, 0.1) is 43.4 Å². The lowest BCUT2D eigenvalue weighted by atomic mass is 10.1. The van der Waals surface area contributed by atoms with E-state index in [1.54, 1.807) is 31.5 Å². The number of nitrogens with zero attached hydrogens (tertiary/aromatic N) is 3. The van der Waals surface area contributed by atoms with E-state index in [1.807, 2.05) is 23.7 Å². The average molecular weight is 520 g/mol. The number of phenols is 1. The molecule has 11 heteroatoms. The van der Waals surface area contributed by atoms with Crippen LogP contribution < -0.4 is 4.74 Å². The minimum Gasteiger partial charge on any atom is -0.508 e. The summed E-state index contributed by atoms with van der Waals surface area (Å²) in [5, 5.41) is 15.8. The van der Waals surface area contributed by atoms with Gasteiger partial charge in [0.2, 0.25) is 0 Å². The molecule has 1 fully saturated rings. The third-order valence-electron chi connectivity index (χ3n) is 5.80. The molecule has 0 aliphatic carbocycles. The molecule has 196 valence electrons. The van der Waals surface area contributed by atoms with E-state index >= 15 is 0 Å². The van der Waals surface area contributed by atoms with Crippen molar-refractivity contribution in [1.29, 1.82) is 0 Å². The van der Waals surface area contributed by atoms with Crippen LogP contribution >= 0.6 is 0 Å². The van der Waals surface area contributed by atoms with Gasteiger partial charge in [-0.15, -0.1) is 0 Å². The van der Waals surface area contributed by atoms with E-state index in [4.69, 9.17) is 23.5 Å². The summed E-state index contributed by atoms with van der Waals surface area (Å²) in [5.41, 5.74) is 2.36. The van der Waals surface area contributed by atoms with Gasteiger partial charge in [0.1, 0.15) is 17.2 Å². The molecule has 1 aliphatic heterocycles. The largest absolute Gasteiger partial charge is 0.508 e. The quantitative estimate of drug-likeness (QED) is 0.295. The molecular formula is C25H33N3O7S. The molecule has 3 aromatic rings. The number of hydrogen-bond donors (Lipinski definition) is 1. The molecule has 1 aromatic carbocycles. The third kappa shape index (κ3) is 6.94. The van der Waals surface area contributed by atoms with Crippen LogP contribution in [-0.4, -0.2) is 66.6 Å². The fourth-order valence-corrected chi connectivity index (χ4v) is 4.86. The minimum atomic E-state index is -3.50. The zero-order valence-electron chi connectivity index (χ0n) is 20.8. The Balaban J connectivity index is 1.43. The zero-order valence-corrected chi connectivity index (χ0v) is 21.6. The van der Waals surface area contributed by atoms with Crippen LogP contribution in [0, 0.1) is 0 Å². The molecule has 1 N–H and O–H groups in total. The van der Waals surface area contributed by atoms with E-state index in [0.29, 0.717) is 31.1 Å². The summed E-state index contributed by atoms with van der Waals surface area (Å²) >= 11 is 0. The highest BCUT2D eigenvalue weighted by Gasteiger charge is 2.22. The van der Waals surface area contributed by atoms with Gasteiger partial charge in [-0.3, -0.25) is 9.17 Å². The van der Waals surface area contributed by atoms with Gasteiger partial charge >= 0.3 is 0 Å². The van der Waals surface area contributed by atoms with E-state index in [1.165, 1.54) is 0 Å². The van der Waals surface area contributed by atoms with Crippen molar-refractivity contribution in [3.05, 3.63) is 36.7 Å². The highest BCUT2D eigenvalue weighted by Crippen LogP contribution is 2.35. The molecular weight excluding hydrogens is 486 g/mol. The fraction of sp³-hybridized carbons (Fsp3) is 0.520. The lowest BCUT2D eigenvalue weighted by Crippen LogP contribution is -2.21. The number of benzene rings is 1. The molecule has 10 nitrogen and oxygen atoms in total. The summed E-state index contributed by atoms with van der Waals surface area (Å²) in [7, 11) is -3.50. The topological polar surface area (TPSA) is 122 Å². The molecule has 0 radical (unpaired) electrons. The summed E-state index contributed by atoms with van der Waals surface area (Å²) < 4.78 is 46.6. The number of hydrogen-bond acceptors (Lipinski definition) is 9. The lowest BCUT2D eigenvalue weighted by molar-refractivity contribution is -0.0365. The van der Waals surface area contributed by atoms with Crippen LogP contribution in [0.3, 0.4) is 0 Å². The molecule has 3 atom stereocenters. The van der Waals surface area contributed by atoms with Crippen molar-refractivity contribution in [3.63, 3.8) is 0 Å². The van der Waals surface area contributed by atoms with Gasteiger partial charge in [-0.25, -0.2) is 4.68 Å². The molecule has 1 aliphatic rings. The van der Waals surface area contributed by atoms with Crippen molar-refractivity contribution >= 4 is 21.0 Å². The van der Waals surface area contributed by atoms with Gasteiger partial charge in [0.15, 0.2) is 6.23 Å². The van der Waals surface area contributed by atoms with Crippen molar-refractivity contribution in [3.8, 4) is 22.8 Å². The maximum atomic E-state index is 11.2. The van der Waals surface area contributed by atoms with E-state index in [2.05, 4.69) is 4.98 Å². The number of aromatic hydroxyl groups is 1. The van der Waals surface area contributed by atoms with Crippen LogP contribution in [0.1, 0.15) is 45.8 Å². The summed E-state index contributed by atoms with van der Waals surface area (Å²) in [6.45, 7) is 4.83. The second-order valence-electron chi connectivity index (χ2n) is 9.13. The van der Waals surface area contributed by atoms with Crippen LogP contribution in [0.5, 0.6) is 11.5 Å². The van der Waals surface area contributed by atoms with Crippen molar-refractivity contribution in [1.82, 2.24) is 14.8 Å². The summed E-state index contributed by atoms with van der Waals surface area (Å²) in [4.78, 5) is 4.35. The Hall–Kier alpha value is -2.73. The SMILES string of the molecule is CC(CCOCC(C)OS(C)(=O)=O)Oc1cncc(-c2nn(C3CCCCO3)c3ccc(O)cc23)c1. The van der Waals surface area contributed by atoms with E-state index in [9.17, 15) is 13.5 Å².